The first-order valence-electron chi connectivity index (χ1n) is 8.90. The lowest BCUT2D eigenvalue weighted by Gasteiger charge is -2.35. The van der Waals surface area contributed by atoms with E-state index in [0.717, 1.165) is 11.1 Å². The van der Waals surface area contributed by atoms with Gasteiger partial charge in [-0.15, -0.1) is 0 Å². The third-order valence-electron chi connectivity index (χ3n) is 4.74. The van der Waals surface area contributed by atoms with Crippen LogP contribution in [0.25, 0.3) is 0 Å². The van der Waals surface area contributed by atoms with Gasteiger partial charge in [0.15, 0.2) is 0 Å². The summed E-state index contributed by atoms with van der Waals surface area (Å²) in [6.45, 7) is 0.962. The Bertz CT molecular complexity index is 876. The smallest absolute Gasteiger partial charge is 0.227 e. The van der Waals surface area contributed by atoms with E-state index >= 15 is 0 Å². The second-order valence-electron chi connectivity index (χ2n) is 6.66. The Hall–Kier alpha value is -2.48. The molecule has 1 amide bonds. The molecule has 1 heterocycles. The Balaban J connectivity index is 1.60. The summed E-state index contributed by atoms with van der Waals surface area (Å²) >= 11 is 5.96. The molecular weight excluding hydrogens is 362 g/mol. The van der Waals surface area contributed by atoms with Gasteiger partial charge in [-0.2, -0.15) is 0 Å². The van der Waals surface area contributed by atoms with Crippen LogP contribution in [0.4, 0.5) is 0 Å². The predicted octanol–water partition coefficient (Wildman–Crippen LogP) is 3.30. The fourth-order valence-corrected chi connectivity index (χ4v) is 3.32. The quantitative estimate of drug-likeness (QED) is 0.827. The standard InChI is InChI=1S/C22H22ClNO3/c1-27-20-8-3-2-6-18(20)16-21(25)24-13-11-22(26,12-14-24)10-9-17-5-4-7-19(23)15-17/h2-8,15,26H,11-14,16H2,1H3. The average molecular weight is 384 g/mol. The first kappa shape index (κ1) is 19.3. The SMILES string of the molecule is COc1ccccc1CC(=O)N1CCC(O)(C#Cc2cccc(Cl)c2)CC1. The maximum absolute atomic E-state index is 12.6. The Kier molecular flexibility index (Phi) is 6.05. The van der Waals surface area contributed by atoms with Gasteiger partial charge in [-0.1, -0.05) is 47.7 Å². The molecule has 0 aliphatic carbocycles. The molecule has 0 saturated carbocycles. The van der Waals surface area contributed by atoms with Crippen LogP contribution in [0.15, 0.2) is 48.5 Å². The number of hydrogen-bond acceptors (Lipinski definition) is 3. The number of halogens is 1. The van der Waals surface area contributed by atoms with Gasteiger partial charge in [0.2, 0.25) is 5.91 Å². The maximum atomic E-state index is 12.6. The number of piperidine rings is 1. The van der Waals surface area contributed by atoms with Gasteiger partial charge >= 0.3 is 0 Å². The molecule has 1 fully saturated rings. The first-order chi connectivity index (χ1) is 13.0. The van der Waals surface area contributed by atoms with E-state index in [1.807, 2.05) is 36.4 Å². The molecule has 1 saturated heterocycles. The summed E-state index contributed by atoms with van der Waals surface area (Å²) in [4.78, 5) is 14.4. The molecule has 0 atom stereocenters. The van der Waals surface area contributed by atoms with Crippen molar-refractivity contribution in [3.05, 3.63) is 64.7 Å². The van der Waals surface area contributed by atoms with Gasteiger partial charge in [0.1, 0.15) is 11.4 Å². The number of rotatable bonds is 3. The normalized spacial score (nSPS) is 15.6. The van der Waals surface area contributed by atoms with Crippen LogP contribution in [0.3, 0.4) is 0 Å². The Morgan fingerprint density at radius 2 is 1.96 bits per heavy atom. The summed E-state index contributed by atoms with van der Waals surface area (Å²) in [5.74, 6) is 6.69. The van der Waals surface area contributed by atoms with E-state index in [-0.39, 0.29) is 12.3 Å². The largest absolute Gasteiger partial charge is 0.496 e. The number of aliphatic hydroxyl groups is 1. The number of para-hydroxylation sites is 1. The third kappa shape index (κ3) is 5.03. The molecule has 0 unspecified atom stereocenters. The molecule has 0 bridgehead atoms. The van der Waals surface area contributed by atoms with E-state index in [9.17, 15) is 9.90 Å². The van der Waals surface area contributed by atoms with Gasteiger partial charge < -0.3 is 14.7 Å². The van der Waals surface area contributed by atoms with Gasteiger partial charge in [0.25, 0.3) is 0 Å². The van der Waals surface area contributed by atoms with Crippen LogP contribution < -0.4 is 4.74 Å². The Labute approximate surface area is 164 Å². The van der Waals surface area contributed by atoms with Gasteiger partial charge in [0.05, 0.1) is 13.5 Å². The molecule has 0 aromatic heterocycles. The van der Waals surface area contributed by atoms with Gasteiger partial charge in [-0.05, 0) is 24.3 Å². The summed E-state index contributed by atoms with van der Waals surface area (Å²) in [6.07, 6.45) is 1.15. The van der Waals surface area contributed by atoms with Crippen LogP contribution in [0.5, 0.6) is 5.75 Å². The highest BCUT2D eigenvalue weighted by molar-refractivity contribution is 6.30. The summed E-state index contributed by atoms with van der Waals surface area (Å²) in [6, 6.07) is 14.8. The number of hydrogen-bond donors (Lipinski definition) is 1. The van der Waals surface area contributed by atoms with E-state index in [0.29, 0.717) is 36.7 Å². The fraction of sp³-hybridized carbons (Fsp3) is 0.318. The van der Waals surface area contributed by atoms with Crippen molar-refractivity contribution in [3.63, 3.8) is 0 Å². The molecule has 27 heavy (non-hydrogen) atoms. The average Bonchev–Trinajstić information content (AvgIpc) is 2.67. The predicted molar refractivity (Wildman–Crippen MR) is 106 cm³/mol. The molecule has 2 aromatic carbocycles. The molecule has 0 spiro atoms. The lowest BCUT2D eigenvalue weighted by atomic mass is 9.91. The summed E-state index contributed by atoms with van der Waals surface area (Å²) < 4.78 is 5.31. The van der Waals surface area contributed by atoms with Crippen molar-refractivity contribution in [2.75, 3.05) is 20.2 Å². The van der Waals surface area contributed by atoms with Crippen LogP contribution in [-0.2, 0) is 11.2 Å². The minimum Gasteiger partial charge on any atom is -0.496 e. The van der Waals surface area contributed by atoms with Crippen molar-refractivity contribution in [3.8, 4) is 17.6 Å². The van der Waals surface area contributed by atoms with Crippen molar-refractivity contribution in [2.24, 2.45) is 0 Å². The molecule has 0 radical (unpaired) electrons. The molecule has 5 heteroatoms. The minimum absolute atomic E-state index is 0.0318. The molecule has 4 nitrogen and oxygen atoms in total. The van der Waals surface area contributed by atoms with E-state index in [1.54, 1.807) is 24.1 Å². The number of amides is 1. The number of ether oxygens (including phenoxy) is 1. The minimum atomic E-state index is -1.08. The first-order valence-corrected chi connectivity index (χ1v) is 9.28. The molecule has 140 valence electrons. The lowest BCUT2D eigenvalue weighted by molar-refractivity contribution is -0.133. The Morgan fingerprint density at radius 1 is 1.22 bits per heavy atom. The third-order valence-corrected chi connectivity index (χ3v) is 4.98. The van der Waals surface area contributed by atoms with Crippen molar-refractivity contribution < 1.29 is 14.6 Å². The maximum Gasteiger partial charge on any atom is 0.227 e. The van der Waals surface area contributed by atoms with Crippen LogP contribution in [0.1, 0.15) is 24.0 Å². The monoisotopic (exact) mass is 383 g/mol. The van der Waals surface area contributed by atoms with Crippen LogP contribution >= 0.6 is 11.6 Å². The molecule has 1 aliphatic rings. The summed E-state index contributed by atoms with van der Waals surface area (Å²) in [5, 5.41) is 11.3. The zero-order valence-corrected chi connectivity index (χ0v) is 16.0. The molecule has 1 N–H and O–H groups in total. The molecular formula is C22H22ClNO3. The number of likely N-dealkylation sites (tertiary alicyclic amines) is 1. The van der Waals surface area contributed by atoms with Crippen molar-refractivity contribution >= 4 is 17.5 Å². The zero-order chi connectivity index (χ0) is 19.3. The van der Waals surface area contributed by atoms with Crippen molar-refractivity contribution in [1.29, 1.82) is 0 Å². The summed E-state index contributed by atoms with van der Waals surface area (Å²) in [7, 11) is 1.60. The van der Waals surface area contributed by atoms with Crippen molar-refractivity contribution in [2.45, 2.75) is 24.9 Å². The highest BCUT2D eigenvalue weighted by Gasteiger charge is 2.32. The van der Waals surface area contributed by atoms with E-state index in [4.69, 9.17) is 16.3 Å². The van der Waals surface area contributed by atoms with E-state index in [2.05, 4.69) is 11.8 Å². The molecule has 1 aliphatic heterocycles. The zero-order valence-electron chi connectivity index (χ0n) is 15.2. The second-order valence-corrected chi connectivity index (χ2v) is 7.10. The number of carbonyl (C=O) groups excluding carboxylic acids is 1. The van der Waals surface area contributed by atoms with Crippen LogP contribution in [0, 0.1) is 11.8 Å². The van der Waals surface area contributed by atoms with Gasteiger partial charge in [-0.25, -0.2) is 0 Å². The van der Waals surface area contributed by atoms with E-state index in [1.165, 1.54) is 0 Å². The Morgan fingerprint density at radius 3 is 2.67 bits per heavy atom. The number of carbonyl (C=O) groups is 1. The second kappa shape index (κ2) is 8.47. The lowest BCUT2D eigenvalue weighted by Crippen LogP contribution is -2.46. The molecule has 3 rings (SSSR count). The molecule has 2 aromatic rings. The van der Waals surface area contributed by atoms with Crippen LogP contribution in [0.2, 0.25) is 5.02 Å². The van der Waals surface area contributed by atoms with E-state index < -0.39 is 5.60 Å². The number of nitrogens with zero attached hydrogens (tertiary/aromatic N) is 1. The van der Waals surface area contributed by atoms with Crippen molar-refractivity contribution in [1.82, 2.24) is 4.90 Å². The highest BCUT2D eigenvalue weighted by Crippen LogP contribution is 2.24. The number of methoxy groups -OCH3 is 1. The number of benzene rings is 2. The summed E-state index contributed by atoms with van der Waals surface area (Å²) in [5.41, 5.74) is 0.556. The topological polar surface area (TPSA) is 49.8 Å². The van der Waals surface area contributed by atoms with Gasteiger partial charge in [-0.3, -0.25) is 4.79 Å². The fourth-order valence-electron chi connectivity index (χ4n) is 3.13. The van der Waals surface area contributed by atoms with Crippen LogP contribution in [-0.4, -0.2) is 41.7 Å². The highest BCUT2D eigenvalue weighted by atomic mass is 35.5. The van der Waals surface area contributed by atoms with Gasteiger partial charge in [0, 0.05) is 42.1 Å².